The van der Waals surface area contributed by atoms with Crippen LogP contribution in [0.25, 0.3) is 21.8 Å². The molecule has 0 aliphatic heterocycles. The lowest BCUT2D eigenvalue weighted by Crippen LogP contribution is -1.91. The molecule has 0 radical (unpaired) electrons. The van der Waals surface area contributed by atoms with Gasteiger partial charge in [0.15, 0.2) is 0 Å². The van der Waals surface area contributed by atoms with Crippen molar-refractivity contribution in [3.05, 3.63) is 40.6 Å². The maximum Gasteiger partial charge on any atom is 0.106 e. The van der Waals surface area contributed by atoms with Crippen molar-refractivity contribution in [1.29, 1.82) is 0 Å². The summed E-state index contributed by atoms with van der Waals surface area (Å²) in [4.78, 5) is 4.56. The van der Waals surface area contributed by atoms with Crippen molar-refractivity contribution in [2.45, 2.75) is 6.92 Å². The average molecular weight is 275 g/mol. The molecule has 1 heterocycles. The normalized spacial score (nSPS) is 11.4. The van der Waals surface area contributed by atoms with E-state index in [2.05, 4.69) is 62.9 Å². The van der Waals surface area contributed by atoms with Gasteiger partial charge in [0, 0.05) is 16.9 Å². The highest BCUT2D eigenvalue weighted by Gasteiger charge is 2.10. The van der Waals surface area contributed by atoms with Crippen LogP contribution in [0.5, 0.6) is 0 Å². The lowest BCUT2D eigenvalue weighted by Gasteiger charge is -2.04. The number of hydrogen-bond acceptors (Lipinski definition) is 1. The van der Waals surface area contributed by atoms with Gasteiger partial charge in [-0.15, -0.1) is 0 Å². The molecular weight excluding hydrogens is 264 g/mol. The minimum atomic E-state index is 1.04. The molecule has 0 saturated carbocycles. The fourth-order valence-electron chi connectivity index (χ4n) is 2.15. The van der Waals surface area contributed by atoms with Crippen LogP contribution >= 0.6 is 15.9 Å². The van der Waals surface area contributed by atoms with E-state index in [9.17, 15) is 0 Å². The first-order valence-electron chi connectivity index (χ1n) is 5.19. The molecule has 0 atom stereocenters. The zero-order valence-corrected chi connectivity index (χ0v) is 10.7. The Morgan fingerprint density at radius 2 is 1.88 bits per heavy atom. The highest BCUT2D eigenvalue weighted by Crippen LogP contribution is 2.31. The third-order valence-corrected chi connectivity index (χ3v) is 3.70. The molecule has 0 spiro atoms. The van der Waals surface area contributed by atoms with E-state index in [4.69, 9.17) is 0 Å². The molecular formula is C13H11BrN2. The molecule has 0 saturated heterocycles. The number of halogens is 1. The van der Waals surface area contributed by atoms with Crippen LogP contribution in [0, 0.1) is 6.92 Å². The first-order chi connectivity index (χ1) is 7.68. The predicted molar refractivity (Wildman–Crippen MR) is 70.7 cm³/mol. The van der Waals surface area contributed by atoms with Gasteiger partial charge < -0.3 is 4.57 Å². The number of aryl methyl sites for hydroxylation is 2. The fourth-order valence-corrected chi connectivity index (χ4v) is 2.71. The lowest BCUT2D eigenvalue weighted by atomic mass is 10.1. The zero-order chi connectivity index (χ0) is 11.3. The van der Waals surface area contributed by atoms with Gasteiger partial charge in [-0.2, -0.15) is 0 Å². The summed E-state index contributed by atoms with van der Waals surface area (Å²) in [5.41, 5.74) is 2.25. The summed E-state index contributed by atoms with van der Waals surface area (Å²) in [5.74, 6) is 1.04. The van der Waals surface area contributed by atoms with Gasteiger partial charge in [0.05, 0.1) is 11.0 Å². The highest BCUT2D eigenvalue weighted by atomic mass is 79.9. The molecule has 0 bridgehead atoms. The van der Waals surface area contributed by atoms with Crippen LogP contribution in [0.3, 0.4) is 0 Å². The Bertz CT molecular complexity index is 698. The van der Waals surface area contributed by atoms with Gasteiger partial charge in [-0.3, -0.25) is 0 Å². The third kappa shape index (κ3) is 1.21. The van der Waals surface area contributed by atoms with Gasteiger partial charge in [0.25, 0.3) is 0 Å². The van der Waals surface area contributed by atoms with Gasteiger partial charge in [-0.05, 0) is 18.4 Å². The Kier molecular flexibility index (Phi) is 2.04. The molecule has 0 unspecified atom stereocenters. The average Bonchev–Trinajstić information content (AvgIpc) is 2.55. The van der Waals surface area contributed by atoms with Gasteiger partial charge in [-0.1, -0.05) is 40.2 Å². The van der Waals surface area contributed by atoms with Gasteiger partial charge >= 0.3 is 0 Å². The van der Waals surface area contributed by atoms with Crippen LogP contribution in [0.4, 0.5) is 0 Å². The number of rotatable bonds is 0. The quantitative estimate of drug-likeness (QED) is 0.610. The second kappa shape index (κ2) is 3.32. The minimum Gasteiger partial charge on any atom is -0.331 e. The Labute approximate surface area is 102 Å². The minimum absolute atomic E-state index is 1.04. The Morgan fingerprint density at radius 3 is 2.62 bits per heavy atom. The molecule has 3 heteroatoms. The van der Waals surface area contributed by atoms with Crippen LogP contribution in [0.15, 0.2) is 34.8 Å². The molecule has 0 fully saturated rings. The van der Waals surface area contributed by atoms with Crippen molar-refractivity contribution >= 4 is 37.7 Å². The smallest absolute Gasteiger partial charge is 0.106 e. The molecule has 1 aromatic heterocycles. The number of imidazole rings is 1. The van der Waals surface area contributed by atoms with Crippen molar-refractivity contribution in [2.75, 3.05) is 0 Å². The number of aromatic nitrogens is 2. The largest absolute Gasteiger partial charge is 0.331 e. The van der Waals surface area contributed by atoms with Gasteiger partial charge in [0.1, 0.15) is 5.82 Å². The van der Waals surface area contributed by atoms with E-state index >= 15 is 0 Å². The monoisotopic (exact) mass is 274 g/mol. The number of hydrogen-bond donors (Lipinski definition) is 0. The summed E-state index contributed by atoms with van der Waals surface area (Å²) in [6, 6.07) is 10.5. The van der Waals surface area contributed by atoms with E-state index < -0.39 is 0 Å². The van der Waals surface area contributed by atoms with Crippen LogP contribution in [0.2, 0.25) is 0 Å². The van der Waals surface area contributed by atoms with Crippen LogP contribution in [-0.2, 0) is 7.05 Å². The first-order valence-corrected chi connectivity index (χ1v) is 5.98. The summed E-state index contributed by atoms with van der Waals surface area (Å²) < 4.78 is 3.25. The Balaban J connectivity index is 2.66. The van der Waals surface area contributed by atoms with E-state index in [0.29, 0.717) is 0 Å². The maximum atomic E-state index is 4.56. The van der Waals surface area contributed by atoms with Crippen molar-refractivity contribution in [3.63, 3.8) is 0 Å². The standard InChI is InChI=1S/C13H11BrN2/c1-8-15-12-7-11(14)9-5-3-4-6-10(9)13(12)16(8)2/h3-7H,1-2H3. The predicted octanol–water partition coefficient (Wildman–Crippen LogP) is 3.80. The molecule has 3 aromatic rings. The van der Waals surface area contributed by atoms with Crippen LogP contribution < -0.4 is 0 Å². The second-order valence-electron chi connectivity index (χ2n) is 3.99. The molecule has 80 valence electrons. The van der Waals surface area contributed by atoms with E-state index in [1.165, 1.54) is 16.3 Å². The van der Waals surface area contributed by atoms with E-state index in [1.807, 2.05) is 6.92 Å². The van der Waals surface area contributed by atoms with Crippen molar-refractivity contribution in [1.82, 2.24) is 9.55 Å². The van der Waals surface area contributed by atoms with Gasteiger partial charge in [-0.25, -0.2) is 4.98 Å². The summed E-state index contributed by atoms with van der Waals surface area (Å²) in [6.45, 7) is 2.03. The summed E-state index contributed by atoms with van der Waals surface area (Å²) >= 11 is 3.60. The van der Waals surface area contributed by atoms with E-state index in [-0.39, 0.29) is 0 Å². The zero-order valence-electron chi connectivity index (χ0n) is 9.16. The second-order valence-corrected chi connectivity index (χ2v) is 4.84. The number of fused-ring (bicyclic) bond motifs is 3. The fraction of sp³-hybridized carbons (Fsp3) is 0.154. The number of benzene rings is 2. The highest BCUT2D eigenvalue weighted by molar-refractivity contribution is 9.10. The molecule has 2 nitrogen and oxygen atoms in total. The molecule has 0 N–H and O–H groups in total. The molecule has 16 heavy (non-hydrogen) atoms. The van der Waals surface area contributed by atoms with E-state index in [0.717, 1.165) is 15.8 Å². The summed E-state index contributed by atoms with van der Waals surface area (Å²) in [5, 5.41) is 2.48. The Morgan fingerprint density at radius 1 is 1.19 bits per heavy atom. The first kappa shape index (κ1) is 9.85. The van der Waals surface area contributed by atoms with Crippen molar-refractivity contribution in [3.8, 4) is 0 Å². The van der Waals surface area contributed by atoms with Gasteiger partial charge in [0.2, 0.25) is 0 Å². The SMILES string of the molecule is Cc1nc2cc(Br)c3ccccc3c2n1C. The van der Waals surface area contributed by atoms with E-state index in [1.54, 1.807) is 0 Å². The third-order valence-electron chi connectivity index (χ3n) is 3.05. The summed E-state index contributed by atoms with van der Waals surface area (Å²) in [7, 11) is 2.06. The molecule has 0 aliphatic carbocycles. The molecule has 2 aromatic carbocycles. The van der Waals surface area contributed by atoms with Crippen molar-refractivity contribution in [2.24, 2.45) is 7.05 Å². The molecule has 0 aliphatic rings. The molecule has 0 amide bonds. The van der Waals surface area contributed by atoms with Crippen LogP contribution in [0.1, 0.15) is 5.82 Å². The summed E-state index contributed by atoms with van der Waals surface area (Å²) in [6.07, 6.45) is 0. The maximum absolute atomic E-state index is 4.56. The van der Waals surface area contributed by atoms with Crippen molar-refractivity contribution < 1.29 is 0 Å². The lowest BCUT2D eigenvalue weighted by molar-refractivity contribution is 0.888. The topological polar surface area (TPSA) is 17.8 Å². The number of nitrogens with zero attached hydrogens (tertiary/aromatic N) is 2. The molecule has 3 rings (SSSR count). The van der Waals surface area contributed by atoms with Crippen LogP contribution in [-0.4, -0.2) is 9.55 Å². The Hall–Kier alpha value is -1.35.